The first-order valence-corrected chi connectivity index (χ1v) is 7.66. The van der Waals surface area contributed by atoms with Crippen LogP contribution in [0, 0.1) is 0 Å². The standard InChI is InChI=1S/C14H15BrClN3O2/c1-3-11-18-12(14(20)21-4-2)13(17)19(11)8-5-6-10(16)9(15)7-8/h5-7H,3-4,17H2,1-2H3. The minimum atomic E-state index is -0.517. The third kappa shape index (κ3) is 3.06. The topological polar surface area (TPSA) is 70.1 Å². The summed E-state index contributed by atoms with van der Waals surface area (Å²) in [7, 11) is 0. The number of hydrogen-bond donors (Lipinski definition) is 1. The van der Waals surface area contributed by atoms with Crippen molar-refractivity contribution in [3.05, 3.63) is 39.2 Å². The quantitative estimate of drug-likeness (QED) is 0.832. The molecule has 1 heterocycles. The zero-order valence-corrected chi connectivity index (χ0v) is 14.0. The number of nitrogens with zero attached hydrogens (tertiary/aromatic N) is 2. The molecule has 0 atom stereocenters. The molecule has 0 aliphatic heterocycles. The number of esters is 1. The van der Waals surface area contributed by atoms with Crippen LogP contribution in [0.2, 0.25) is 5.02 Å². The number of aryl methyl sites for hydroxylation is 1. The zero-order valence-electron chi connectivity index (χ0n) is 11.7. The molecule has 0 radical (unpaired) electrons. The van der Waals surface area contributed by atoms with E-state index in [0.717, 1.165) is 10.2 Å². The number of nitrogens with two attached hydrogens (primary N) is 1. The lowest BCUT2D eigenvalue weighted by molar-refractivity contribution is 0.0521. The second-order valence-corrected chi connectivity index (χ2v) is 5.53. The highest BCUT2D eigenvalue weighted by molar-refractivity contribution is 9.10. The van der Waals surface area contributed by atoms with Gasteiger partial charge in [-0.2, -0.15) is 0 Å². The summed E-state index contributed by atoms with van der Waals surface area (Å²) in [6.07, 6.45) is 0.629. The van der Waals surface area contributed by atoms with Crippen LogP contribution in [0.5, 0.6) is 0 Å². The van der Waals surface area contributed by atoms with Crippen molar-refractivity contribution >= 4 is 39.3 Å². The van der Waals surface area contributed by atoms with E-state index in [1.807, 2.05) is 19.1 Å². The lowest BCUT2D eigenvalue weighted by Gasteiger charge is -2.10. The van der Waals surface area contributed by atoms with E-state index < -0.39 is 5.97 Å². The minimum Gasteiger partial charge on any atom is -0.461 e. The molecule has 2 N–H and O–H groups in total. The van der Waals surface area contributed by atoms with Gasteiger partial charge in [-0.3, -0.25) is 4.57 Å². The Bertz CT molecular complexity index is 685. The van der Waals surface area contributed by atoms with E-state index in [1.165, 1.54) is 0 Å². The largest absolute Gasteiger partial charge is 0.461 e. The molecule has 0 amide bonds. The van der Waals surface area contributed by atoms with Crippen molar-refractivity contribution in [2.45, 2.75) is 20.3 Å². The maximum atomic E-state index is 11.9. The van der Waals surface area contributed by atoms with Gasteiger partial charge in [-0.25, -0.2) is 9.78 Å². The van der Waals surface area contributed by atoms with Gasteiger partial charge in [0.15, 0.2) is 5.69 Å². The molecular weight excluding hydrogens is 358 g/mol. The third-order valence-electron chi connectivity index (χ3n) is 2.93. The highest BCUT2D eigenvalue weighted by Crippen LogP contribution is 2.28. The molecule has 0 aliphatic rings. The first-order valence-electron chi connectivity index (χ1n) is 6.49. The van der Waals surface area contributed by atoms with E-state index in [1.54, 1.807) is 17.6 Å². The van der Waals surface area contributed by atoms with Gasteiger partial charge in [-0.15, -0.1) is 0 Å². The van der Waals surface area contributed by atoms with Crippen LogP contribution in [0.25, 0.3) is 5.69 Å². The fraction of sp³-hybridized carbons (Fsp3) is 0.286. The molecule has 0 aliphatic carbocycles. The molecule has 1 aromatic heterocycles. The van der Waals surface area contributed by atoms with Crippen LogP contribution in [0.4, 0.5) is 5.82 Å². The molecule has 5 nitrogen and oxygen atoms in total. The van der Waals surface area contributed by atoms with E-state index in [0.29, 0.717) is 17.3 Å². The van der Waals surface area contributed by atoms with Crippen molar-refractivity contribution in [2.24, 2.45) is 0 Å². The average Bonchev–Trinajstić information content (AvgIpc) is 2.79. The van der Waals surface area contributed by atoms with Crippen molar-refractivity contribution in [1.82, 2.24) is 9.55 Å². The van der Waals surface area contributed by atoms with E-state index in [9.17, 15) is 4.79 Å². The van der Waals surface area contributed by atoms with Crippen LogP contribution in [-0.4, -0.2) is 22.1 Å². The molecule has 0 fully saturated rings. The van der Waals surface area contributed by atoms with Crippen LogP contribution >= 0.6 is 27.5 Å². The summed E-state index contributed by atoms with van der Waals surface area (Å²) in [6, 6.07) is 5.40. The molecule has 2 aromatic rings. The number of hydrogen-bond acceptors (Lipinski definition) is 4. The SMILES string of the molecule is CCOC(=O)c1nc(CC)n(-c2ccc(Cl)c(Br)c2)c1N. The Balaban J connectivity index is 2.57. The first kappa shape index (κ1) is 15.9. The second kappa shape index (κ2) is 6.49. The molecule has 1 aromatic carbocycles. The van der Waals surface area contributed by atoms with Gasteiger partial charge in [0.2, 0.25) is 0 Å². The van der Waals surface area contributed by atoms with Gasteiger partial charge >= 0.3 is 5.97 Å². The van der Waals surface area contributed by atoms with Crippen LogP contribution < -0.4 is 5.73 Å². The predicted octanol–water partition coefficient (Wildman–Crippen LogP) is 3.61. The number of carbonyl (C=O) groups is 1. The normalized spacial score (nSPS) is 10.7. The fourth-order valence-electron chi connectivity index (χ4n) is 1.98. The minimum absolute atomic E-state index is 0.139. The monoisotopic (exact) mass is 371 g/mol. The Kier molecular flexibility index (Phi) is 4.90. The van der Waals surface area contributed by atoms with Gasteiger partial charge in [0.05, 0.1) is 11.6 Å². The van der Waals surface area contributed by atoms with Gasteiger partial charge in [0.1, 0.15) is 11.6 Å². The predicted molar refractivity (Wildman–Crippen MR) is 86.0 cm³/mol. The Hall–Kier alpha value is -1.53. The summed E-state index contributed by atoms with van der Waals surface area (Å²) in [5, 5.41) is 0.598. The summed E-state index contributed by atoms with van der Waals surface area (Å²) in [5.74, 6) is 0.431. The van der Waals surface area contributed by atoms with Gasteiger partial charge in [0, 0.05) is 16.6 Å². The second-order valence-electron chi connectivity index (χ2n) is 4.27. The number of halogens is 2. The average molecular weight is 373 g/mol. The van der Waals surface area contributed by atoms with Crippen LogP contribution in [0.15, 0.2) is 22.7 Å². The van der Waals surface area contributed by atoms with Crippen LogP contribution in [0.1, 0.15) is 30.2 Å². The van der Waals surface area contributed by atoms with Gasteiger partial charge in [0.25, 0.3) is 0 Å². The van der Waals surface area contributed by atoms with Crippen molar-refractivity contribution in [1.29, 1.82) is 0 Å². The Morgan fingerprint density at radius 3 is 2.76 bits per heavy atom. The number of rotatable bonds is 4. The number of benzene rings is 1. The number of nitrogen functional groups attached to an aromatic ring is 1. The Morgan fingerprint density at radius 2 is 2.19 bits per heavy atom. The molecule has 0 unspecified atom stereocenters. The summed E-state index contributed by atoms with van der Waals surface area (Å²) < 4.78 is 7.45. The zero-order chi connectivity index (χ0) is 15.6. The first-order chi connectivity index (χ1) is 9.99. The molecule has 21 heavy (non-hydrogen) atoms. The molecule has 7 heteroatoms. The van der Waals surface area contributed by atoms with Crippen molar-refractivity contribution in [2.75, 3.05) is 12.3 Å². The van der Waals surface area contributed by atoms with Gasteiger partial charge in [-0.05, 0) is 41.1 Å². The number of anilines is 1. The van der Waals surface area contributed by atoms with Gasteiger partial charge < -0.3 is 10.5 Å². The maximum Gasteiger partial charge on any atom is 0.360 e. The van der Waals surface area contributed by atoms with E-state index in [2.05, 4.69) is 20.9 Å². The van der Waals surface area contributed by atoms with E-state index in [-0.39, 0.29) is 18.1 Å². The number of carbonyl (C=O) groups excluding carboxylic acids is 1. The highest BCUT2D eigenvalue weighted by atomic mass is 79.9. The summed E-state index contributed by atoms with van der Waals surface area (Å²) >= 11 is 9.38. The van der Waals surface area contributed by atoms with Gasteiger partial charge in [-0.1, -0.05) is 18.5 Å². The summed E-state index contributed by atoms with van der Waals surface area (Å²) in [5.41, 5.74) is 7.00. The molecule has 0 spiro atoms. The molecule has 112 valence electrons. The van der Waals surface area contributed by atoms with Crippen molar-refractivity contribution in [3.8, 4) is 5.69 Å². The Morgan fingerprint density at radius 1 is 1.48 bits per heavy atom. The smallest absolute Gasteiger partial charge is 0.360 e. The molecular formula is C14H15BrClN3O2. The van der Waals surface area contributed by atoms with Crippen LogP contribution in [0.3, 0.4) is 0 Å². The lowest BCUT2D eigenvalue weighted by Crippen LogP contribution is -2.09. The Labute approximate surface area is 136 Å². The summed E-state index contributed by atoms with van der Waals surface area (Å²) in [6.45, 7) is 3.96. The highest BCUT2D eigenvalue weighted by Gasteiger charge is 2.21. The third-order valence-corrected chi connectivity index (χ3v) is 4.14. The van der Waals surface area contributed by atoms with E-state index >= 15 is 0 Å². The molecule has 0 bridgehead atoms. The number of imidazole rings is 1. The molecule has 2 rings (SSSR count). The molecule has 0 saturated carbocycles. The number of aromatic nitrogens is 2. The number of ether oxygens (including phenoxy) is 1. The maximum absolute atomic E-state index is 11.9. The van der Waals surface area contributed by atoms with E-state index in [4.69, 9.17) is 22.1 Å². The van der Waals surface area contributed by atoms with Crippen LogP contribution in [-0.2, 0) is 11.2 Å². The molecule has 0 saturated heterocycles. The van der Waals surface area contributed by atoms with Crippen molar-refractivity contribution < 1.29 is 9.53 Å². The van der Waals surface area contributed by atoms with Crippen molar-refractivity contribution in [3.63, 3.8) is 0 Å². The fourth-order valence-corrected chi connectivity index (χ4v) is 2.46. The summed E-state index contributed by atoms with van der Waals surface area (Å²) in [4.78, 5) is 16.2. The lowest BCUT2D eigenvalue weighted by atomic mass is 10.3.